The van der Waals surface area contributed by atoms with Gasteiger partial charge in [-0.3, -0.25) is 4.79 Å². The molecule has 0 aliphatic rings. The normalized spacial score (nSPS) is 13.3. The molecule has 0 amide bonds. The van der Waals surface area contributed by atoms with Crippen LogP contribution in [0.5, 0.6) is 0 Å². The van der Waals surface area contributed by atoms with Gasteiger partial charge in [-0.1, -0.05) is 58.8 Å². The second-order valence-electron chi connectivity index (χ2n) is 6.79. The SMILES string of the molecule is CCCCCCC(C)CCCCC(=O)O[Si](C)(C)C. The van der Waals surface area contributed by atoms with Crippen LogP contribution in [-0.4, -0.2) is 14.3 Å². The Morgan fingerprint density at radius 2 is 1.58 bits per heavy atom. The lowest BCUT2D eigenvalue weighted by Crippen LogP contribution is -2.28. The lowest BCUT2D eigenvalue weighted by Gasteiger charge is -2.17. The van der Waals surface area contributed by atoms with E-state index in [1.54, 1.807) is 0 Å². The largest absolute Gasteiger partial charge is 0.520 e. The van der Waals surface area contributed by atoms with Gasteiger partial charge >= 0.3 is 0 Å². The molecule has 0 N–H and O–H groups in total. The van der Waals surface area contributed by atoms with Crippen molar-refractivity contribution < 1.29 is 9.22 Å². The predicted molar refractivity (Wildman–Crippen MR) is 85.8 cm³/mol. The summed E-state index contributed by atoms with van der Waals surface area (Å²) in [6.45, 7) is 10.8. The molecule has 0 aliphatic heterocycles. The third kappa shape index (κ3) is 13.9. The maximum absolute atomic E-state index is 11.6. The van der Waals surface area contributed by atoms with E-state index in [1.807, 2.05) is 0 Å². The molecule has 0 heterocycles. The van der Waals surface area contributed by atoms with Crippen LogP contribution in [0.15, 0.2) is 0 Å². The van der Waals surface area contributed by atoms with Crippen molar-refractivity contribution in [1.82, 2.24) is 0 Å². The first-order valence-electron chi connectivity index (χ1n) is 8.07. The maximum atomic E-state index is 11.6. The molecular weight excluding hydrogens is 252 g/mol. The molecule has 0 aromatic carbocycles. The monoisotopic (exact) mass is 286 g/mol. The molecule has 1 unspecified atom stereocenters. The minimum atomic E-state index is -1.68. The summed E-state index contributed by atoms with van der Waals surface area (Å²) in [7, 11) is -1.68. The fraction of sp³-hybridized carbons (Fsp3) is 0.938. The van der Waals surface area contributed by atoms with E-state index in [4.69, 9.17) is 4.43 Å². The van der Waals surface area contributed by atoms with Gasteiger partial charge in [0, 0.05) is 6.42 Å². The molecule has 1 atom stereocenters. The maximum Gasteiger partial charge on any atom is 0.292 e. The van der Waals surface area contributed by atoms with E-state index in [-0.39, 0.29) is 5.97 Å². The summed E-state index contributed by atoms with van der Waals surface area (Å²) >= 11 is 0. The van der Waals surface area contributed by atoms with Crippen LogP contribution in [0.2, 0.25) is 19.6 Å². The summed E-state index contributed by atoms with van der Waals surface area (Å²) in [4.78, 5) is 11.6. The average molecular weight is 287 g/mol. The van der Waals surface area contributed by atoms with Gasteiger partial charge in [-0.15, -0.1) is 0 Å². The van der Waals surface area contributed by atoms with E-state index < -0.39 is 8.32 Å². The van der Waals surface area contributed by atoms with Crippen molar-refractivity contribution >= 4 is 14.3 Å². The van der Waals surface area contributed by atoms with E-state index in [2.05, 4.69) is 33.5 Å². The summed E-state index contributed by atoms with van der Waals surface area (Å²) in [5.74, 6) is 0.819. The van der Waals surface area contributed by atoms with Gasteiger partial charge < -0.3 is 4.43 Å². The van der Waals surface area contributed by atoms with Gasteiger partial charge in [0.25, 0.3) is 5.97 Å². The average Bonchev–Trinajstić information content (AvgIpc) is 2.28. The van der Waals surface area contributed by atoms with Crippen LogP contribution in [0.1, 0.15) is 71.6 Å². The van der Waals surface area contributed by atoms with Gasteiger partial charge in [0.1, 0.15) is 0 Å². The van der Waals surface area contributed by atoms with Gasteiger partial charge in [-0.25, -0.2) is 0 Å². The molecule has 114 valence electrons. The van der Waals surface area contributed by atoms with Crippen molar-refractivity contribution in [2.24, 2.45) is 5.92 Å². The lowest BCUT2D eigenvalue weighted by atomic mass is 9.97. The molecule has 3 heteroatoms. The topological polar surface area (TPSA) is 26.3 Å². The molecule has 0 fully saturated rings. The summed E-state index contributed by atoms with van der Waals surface area (Å²) < 4.78 is 5.44. The van der Waals surface area contributed by atoms with Gasteiger partial charge in [-0.05, 0) is 32.0 Å². The van der Waals surface area contributed by atoms with E-state index in [0.717, 1.165) is 18.8 Å². The zero-order chi connectivity index (χ0) is 14.7. The van der Waals surface area contributed by atoms with E-state index >= 15 is 0 Å². The molecule has 0 rings (SSSR count). The summed E-state index contributed by atoms with van der Waals surface area (Å²) in [5, 5.41) is 0. The zero-order valence-electron chi connectivity index (χ0n) is 13.8. The van der Waals surface area contributed by atoms with Crippen molar-refractivity contribution in [3.8, 4) is 0 Å². The highest BCUT2D eigenvalue weighted by Gasteiger charge is 2.19. The number of carbonyl (C=O) groups excluding carboxylic acids is 1. The van der Waals surface area contributed by atoms with E-state index in [9.17, 15) is 4.79 Å². The Balaban J connectivity index is 3.45. The van der Waals surface area contributed by atoms with Gasteiger partial charge in [0.2, 0.25) is 8.32 Å². The molecule has 2 nitrogen and oxygen atoms in total. The third-order valence-corrected chi connectivity index (χ3v) is 4.14. The smallest absolute Gasteiger partial charge is 0.292 e. The molecule has 0 saturated heterocycles. The molecular formula is C16H34O2Si. The first-order chi connectivity index (χ1) is 8.85. The molecule has 19 heavy (non-hydrogen) atoms. The van der Waals surface area contributed by atoms with Gasteiger partial charge in [-0.2, -0.15) is 0 Å². The summed E-state index contributed by atoms with van der Waals surface area (Å²) in [6.07, 6.45) is 10.8. The van der Waals surface area contributed by atoms with Gasteiger partial charge in [0.05, 0.1) is 0 Å². The van der Waals surface area contributed by atoms with E-state index in [1.165, 1.54) is 38.5 Å². The molecule has 0 radical (unpaired) electrons. The summed E-state index contributed by atoms with van der Waals surface area (Å²) in [6, 6.07) is 0. The van der Waals surface area contributed by atoms with Crippen LogP contribution < -0.4 is 0 Å². The standard InChI is InChI=1S/C16H34O2Si/c1-6-7-8-9-12-15(2)13-10-11-14-16(17)18-19(3,4)5/h15H,6-14H2,1-5H3. The van der Waals surface area contributed by atoms with Crippen LogP contribution in [0, 0.1) is 5.92 Å². The molecule has 0 aromatic heterocycles. The molecule has 0 aromatic rings. The Labute approximate surface area is 121 Å². The highest BCUT2D eigenvalue weighted by atomic mass is 28.4. The van der Waals surface area contributed by atoms with Crippen molar-refractivity contribution in [1.29, 1.82) is 0 Å². The number of unbranched alkanes of at least 4 members (excludes halogenated alkanes) is 4. The zero-order valence-corrected chi connectivity index (χ0v) is 14.8. The number of hydrogen-bond donors (Lipinski definition) is 0. The van der Waals surface area contributed by atoms with Crippen LogP contribution >= 0.6 is 0 Å². The quantitative estimate of drug-likeness (QED) is 0.368. The van der Waals surface area contributed by atoms with Crippen molar-refractivity contribution in [2.45, 2.75) is 91.3 Å². The number of hydrogen-bond acceptors (Lipinski definition) is 2. The van der Waals surface area contributed by atoms with Crippen LogP contribution in [-0.2, 0) is 9.22 Å². The lowest BCUT2D eigenvalue weighted by molar-refractivity contribution is -0.135. The Morgan fingerprint density at radius 3 is 2.11 bits per heavy atom. The highest BCUT2D eigenvalue weighted by Crippen LogP contribution is 2.17. The Hall–Kier alpha value is -0.313. The predicted octanol–water partition coefficient (Wildman–Crippen LogP) is 5.53. The number of carbonyl (C=O) groups is 1. The third-order valence-electron chi connectivity index (χ3n) is 3.30. The molecule has 0 bridgehead atoms. The van der Waals surface area contributed by atoms with Crippen LogP contribution in [0.25, 0.3) is 0 Å². The van der Waals surface area contributed by atoms with Crippen molar-refractivity contribution in [3.05, 3.63) is 0 Å². The second kappa shape index (κ2) is 10.5. The fourth-order valence-electron chi connectivity index (χ4n) is 2.22. The Bertz CT molecular complexity index is 233. The van der Waals surface area contributed by atoms with Crippen LogP contribution in [0.3, 0.4) is 0 Å². The number of rotatable bonds is 11. The van der Waals surface area contributed by atoms with Crippen molar-refractivity contribution in [3.63, 3.8) is 0 Å². The Kier molecular flexibility index (Phi) is 10.3. The first kappa shape index (κ1) is 18.7. The fourth-order valence-corrected chi connectivity index (χ4v) is 3.00. The second-order valence-corrected chi connectivity index (χ2v) is 11.2. The van der Waals surface area contributed by atoms with Crippen molar-refractivity contribution in [2.75, 3.05) is 0 Å². The first-order valence-corrected chi connectivity index (χ1v) is 11.5. The molecule has 0 spiro atoms. The molecule has 0 aliphatic carbocycles. The van der Waals surface area contributed by atoms with Gasteiger partial charge in [0.15, 0.2) is 0 Å². The summed E-state index contributed by atoms with van der Waals surface area (Å²) in [5.41, 5.74) is 0. The van der Waals surface area contributed by atoms with E-state index in [0.29, 0.717) is 6.42 Å². The molecule has 0 saturated carbocycles. The Morgan fingerprint density at radius 1 is 1.00 bits per heavy atom. The highest BCUT2D eigenvalue weighted by molar-refractivity contribution is 6.71. The minimum Gasteiger partial charge on any atom is -0.520 e. The minimum absolute atomic E-state index is 0.00904. The van der Waals surface area contributed by atoms with Crippen LogP contribution in [0.4, 0.5) is 0 Å².